The number of fused-ring (bicyclic) bond motifs is 3. The molecular formula is C27H33N3O2. The summed E-state index contributed by atoms with van der Waals surface area (Å²) in [6.45, 7) is 10.8. The molecule has 3 heterocycles. The molecule has 0 radical (unpaired) electrons. The summed E-state index contributed by atoms with van der Waals surface area (Å²) in [6.07, 6.45) is 6.53. The minimum absolute atomic E-state index is 0.0390. The van der Waals surface area contributed by atoms with Gasteiger partial charge in [0, 0.05) is 49.1 Å². The van der Waals surface area contributed by atoms with E-state index in [0.717, 1.165) is 36.2 Å². The lowest BCUT2D eigenvalue weighted by atomic mass is 9.77. The second-order valence-electron chi connectivity index (χ2n) is 9.96. The number of nitrogens with zero attached hydrogens (tertiary/aromatic N) is 3. The summed E-state index contributed by atoms with van der Waals surface area (Å²) in [4.78, 5) is 25.6. The Hall–Kier alpha value is -2.95. The molecule has 1 aliphatic heterocycles. The predicted molar refractivity (Wildman–Crippen MR) is 129 cm³/mol. The largest absolute Gasteiger partial charge is 0.343 e. The summed E-state index contributed by atoms with van der Waals surface area (Å²) in [5, 5.41) is 4.36. The zero-order chi connectivity index (χ0) is 23.2. The van der Waals surface area contributed by atoms with Gasteiger partial charge in [0.25, 0.3) is 0 Å². The van der Waals surface area contributed by atoms with E-state index in [1.165, 1.54) is 16.7 Å². The number of ketones is 1. The molecule has 0 amide bonds. The number of Topliss-reactive ketones (excluding diaryl/α,β-unsaturated/α-hetero) is 1. The first-order valence-electron chi connectivity index (χ1n) is 11.6. The standard InChI is InChI=1S/C27H33N3O2/c1-7-9-24(31)21-16-30-23(15-25(21)32)20-12-17(8-2)19(22-10-11-28-29(22)6)13-18(20)14-26(30)27(3,4)5/h10-13,15-16,26H,7-9,14H2,1-6H3. The van der Waals surface area contributed by atoms with Gasteiger partial charge in [0.2, 0.25) is 0 Å². The first-order valence-corrected chi connectivity index (χ1v) is 11.6. The van der Waals surface area contributed by atoms with Crippen LogP contribution in [0, 0.1) is 5.41 Å². The second-order valence-corrected chi connectivity index (χ2v) is 9.96. The Morgan fingerprint density at radius 3 is 2.47 bits per heavy atom. The number of aryl methyl sites for hydroxylation is 2. The predicted octanol–water partition coefficient (Wildman–Crippen LogP) is 5.60. The van der Waals surface area contributed by atoms with Crippen LogP contribution >= 0.6 is 0 Å². The highest BCUT2D eigenvalue weighted by Crippen LogP contribution is 2.44. The third-order valence-electron chi connectivity index (χ3n) is 6.69. The topological polar surface area (TPSA) is 56.9 Å². The molecule has 0 N–H and O–H groups in total. The number of benzene rings is 1. The van der Waals surface area contributed by atoms with Gasteiger partial charge in [-0.05, 0) is 54.0 Å². The number of aromatic nitrogens is 3. The zero-order valence-corrected chi connectivity index (χ0v) is 20.0. The zero-order valence-electron chi connectivity index (χ0n) is 20.0. The van der Waals surface area contributed by atoms with Crippen molar-refractivity contribution in [3.63, 3.8) is 0 Å². The van der Waals surface area contributed by atoms with E-state index in [-0.39, 0.29) is 22.7 Å². The maximum absolute atomic E-state index is 13.0. The molecule has 0 fully saturated rings. The Kier molecular flexibility index (Phi) is 5.70. The first kappa shape index (κ1) is 22.3. The van der Waals surface area contributed by atoms with Crippen LogP contribution in [0.25, 0.3) is 22.5 Å². The number of hydrogen-bond donors (Lipinski definition) is 0. The monoisotopic (exact) mass is 431 g/mol. The number of pyridine rings is 1. The second kappa shape index (κ2) is 8.19. The van der Waals surface area contributed by atoms with E-state index in [0.29, 0.717) is 12.0 Å². The van der Waals surface area contributed by atoms with Gasteiger partial charge < -0.3 is 4.57 Å². The van der Waals surface area contributed by atoms with Gasteiger partial charge in [0.15, 0.2) is 11.2 Å². The van der Waals surface area contributed by atoms with Crippen LogP contribution in [0.5, 0.6) is 0 Å². The molecule has 0 saturated heterocycles. The van der Waals surface area contributed by atoms with Gasteiger partial charge in [-0.1, -0.05) is 34.6 Å². The van der Waals surface area contributed by atoms with Gasteiger partial charge in [0.05, 0.1) is 17.0 Å². The van der Waals surface area contributed by atoms with E-state index >= 15 is 0 Å². The fourth-order valence-corrected chi connectivity index (χ4v) is 4.89. The molecule has 1 aromatic carbocycles. The van der Waals surface area contributed by atoms with Gasteiger partial charge in [-0.3, -0.25) is 14.3 Å². The highest BCUT2D eigenvalue weighted by Gasteiger charge is 2.34. The Bertz CT molecular complexity index is 1240. The maximum Gasteiger partial charge on any atom is 0.192 e. The van der Waals surface area contributed by atoms with Crippen molar-refractivity contribution in [3.8, 4) is 22.5 Å². The van der Waals surface area contributed by atoms with Crippen LogP contribution in [-0.4, -0.2) is 20.1 Å². The van der Waals surface area contributed by atoms with Crippen molar-refractivity contribution in [2.45, 2.75) is 66.3 Å². The van der Waals surface area contributed by atoms with E-state index in [2.05, 4.69) is 55.6 Å². The smallest absolute Gasteiger partial charge is 0.192 e. The van der Waals surface area contributed by atoms with E-state index in [4.69, 9.17) is 0 Å². The van der Waals surface area contributed by atoms with Gasteiger partial charge >= 0.3 is 0 Å². The average molecular weight is 432 g/mol. The highest BCUT2D eigenvalue weighted by atomic mass is 16.1. The fraction of sp³-hybridized carbons (Fsp3) is 0.444. The van der Waals surface area contributed by atoms with Crippen molar-refractivity contribution in [1.82, 2.24) is 14.3 Å². The highest BCUT2D eigenvalue weighted by molar-refractivity contribution is 5.96. The molecular weight excluding hydrogens is 398 g/mol. The van der Waals surface area contributed by atoms with Gasteiger partial charge in [-0.25, -0.2) is 0 Å². The number of carbonyl (C=O) groups is 1. The van der Waals surface area contributed by atoms with E-state index in [9.17, 15) is 9.59 Å². The molecule has 1 unspecified atom stereocenters. The third kappa shape index (κ3) is 3.74. The van der Waals surface area contributed by atoms with Crippen LogP contribution in [-0.2, 0) is 19.9 Å². The Morgan fingerprint density at radius 2 is 1.88 bits per heavy atom. The minimum atomic E-state index is -0.177. The van der Waals surface area contributed by atoms with Crippen molar-refractivity contribution in [2.75, 3.05) is 0 Å². The summed E-state index contributed by atoms with van der Waals surface area (Å²) in [5.41, 5.74) is 6.87. The fourth-order valence-electron chi connectivity index (χ4n) is 4.89. The maximum atomic E-state index is 13.0. The van der Waals surface area contributed by atoms with Crippen LogP contribution in [0.15, 0.2) is 41.5 Å². The average Bonchev–Trinajstić information content (AvgIpc) is 3.16. The van der Waals surface area contributed by atoms with Crippen LogP contribution in [0.4, 0.5) is 0 Å². The molecule has 0 bridgehead atoms. The molecule has 3 aromatic rings. The van der Waals surface area contributed by atoms with E-state index < -0.39 is 0 Å². The summed E-state index contributed by atoms with van der Waals surface area (Å²) >= 11 is 0. The Labute approximate surface area is 190 Å². The van der Waals surface area contributed by atoms with E-state index in [1.807, 2.05) is 31.0 Å². The molecule has 0 aliphatic carbocycles. The van der Waals surface area contributed by atoms with Gasteiger partial charge in [0.1, 0.15) is 0 Å². The minimum Gasteiger partial charge on any atom is -0.343 e. The van der Waals surface area contributed by atoms with Crippen molar-refractivity contribution in [2.24, 2.45) is 12.5 Å². The van der Waals surface area contributed by atoms with Gasteiger partial charge in [-0.15, -0.1) is 0 Å². The van der Waals surface area contributed by atoms with Crippen molar-refractivity contribution in [3.05, 3.63) is 63.6 Å². The van der Waals surface area contributed by atoms with Crippen LogP contribution < -0.4 is 5.43 Å². The van der Waals surface area contributed by atoms with Crippen LogP contribution in [0.1, 0.15) is 75.0 Å². The summed E-state index contributed by atoms with van der Waals surface area (Å²) in [7, 11) is 1.97. The molecule has 4 rings (SSSR count). The molecule has 1 aliphatic rings. The molecule has 5 heteroatoms. The molecule has 168 valence electrons. The summed E-state index contributed by atoms with van der Waals surface area (Å²) in [6, 6.07) is 8.40. The molecule has 0 spiro atoms. The lowest BCUT2D eigenvalue weighted by Crippen LogP contribution is -2.33. The Morgan fingerprint density at radius 1 is 1.12 bits per heavy atom. The van der Waals surface area contributed by atoms with Crippen molar-refractivity contribution >= 4 is 5.78 Å². The normalized spacial score (nSPS) is 15.4. The number of carbonyl (C=O) groups excluding carboxylic acids is 1. The molecule has 2 aromatic heterocycles. The molecule has 0 saturated carbocycles. The number of hydrogen-bond acceptors (Lipinski definition) is 3. The SMILES string of the molecule is CCCC(=O)c1cn2c(cc1=O)-c1cc(CC)c(-c3ccnn3C)cc1CC2C(C)(C)C. The van der Waals surface area contributed by atoms with Crippen LogP contribution in [0.2, 0.25) is 0 Å². The molecule has 32 heavy (non-hydrogen) atoms. The number of rotatable bonds is 5. The third-order valence-corrected chi connectivity index (χ3v) is 6.69. The molecule has 5 nitrogen and oxygen atoms in total. The Balaban J connectivity index is 1.97. The van der Waals surface area contributed by atoms with E-state index in [1.54, 1.807) is 6.07 Å². The van der Waals surface area contributed by atoms with Crippen molar-refractivity contribution in [1.29, 1.82) is 0 Å². The van der Waals surface area contributed by atoms with Crippen molar-refractivity contribution < 1.29 is 4.79 Å². The first-order chi connectivity index (χ1) is 15.2. The van der Waals surface area contributed by atoms with Crippen LogP contribution in [0.3, 0.4) is 0 Å². The lowest BCUT2D eigenvalue weighted by molar-refractivity contribution is 0.0979. The lowest BCUT2D eigenvalue weighted by Gasteiger charge is -2.39. The summed E-state index contributed by atoms with van der Waals surface area (Å²) in [5.74, 6) is -0.0629. The molecule has 1 atom stereocenters. The quantitative estimate of drug-likeness (QED) is 0.494. The van der Waals surface area contributed by atoms with Gasteiger partial charge in [-0.2, -0.15) is 5.10 Å². The summed E-state index contributed by atoms with van der Waals surface area (Å²) < 4.78 is 4.10.